The largest absolute Gasteiger partial charge is 0.367 e. The van der Waals surface area contributed by atoms with E-state index in [0.717, 1.165) is 5.69 Å². The Bertz CT molecular complexity index is 935. The average Bonchev–Trinajstić information content (AvgIpc) is 3.08. The van der Waals surface area contributed by atoms with Gasteiger partial charge in [0, 0.05) is 32.4 Å². The zero-order chi connectivity index (χ0) is 17.4. The summed E-state index contributed by atoms with van der Waals surface area (Å²) in [6.07, 6.45) is 1.62. The van der Waals surface area contributed by atoms with E-state index in [0.29, 0.717) is 47.4 Å². The van der Waals surface area contributed by atoms with Crippen LogP contribution >= 0.6 is 23.2 Å². The van der Waals surface area contributed by atoms with Gasteiger partial charge in [0.2, 0.25) is 5.65 Å². The molecule has 0 bridgehead atoms. The van der Waals surface area contributed by atoms with Gasteiger partial charge in [-0.25, -0.2) is 9.78 Å². The first kappa shape index (κ1) is 16.1. The minimum atomic E-state index is -0.202. The van der Waals surface area contributed by atoms with Crippen LogP contribution in [0, 0.1) is 0 Å². The summed E-state index contributed by atoms with van der Waals surface area (Å²) in [6.45, 7) is 2.44. The molecule has 0 saturated carbocycles. The number of hydrogen-bond donors (Lipinski definition) is 0. The van der Waals surface area contributed by atoms with Crippen molar-refractivity contribution in [3.05, 3.63) is 46.6 Å². The zero-order valence-electron chi connectivity index (χ0n) is 13.1. The fraction of sp³-hybridized carbons (Fsp3) is 0.250. The Morgan fingerprint density at radius 3 is 2.64 bits per heavy atom. The number of benzene rings is 1. The second kappa shape index (κ2) is 6.50. The highest BCUT2D eigenvalue weighted by Crippen LogP contribution is 2.32. The second-order valence-corrected chi connectivity index (χ2v) is 6.46. The van der Waals surface area contributed by atoms with Crippen molar-refractivity contribution < 1.29 is 4.79 Å². The lowest BCUT2D eigenvalue weighted by Gasteiger charge is -2.36. The van der Waals surface area contributed by atoms with Crippen molar-refractivity contribution in [2.24, 2.45) is 0 Å². The third-order valence-electron chi connectivity index (χ3n) is 4.23. The van der Waals surface area contributed by atoms with Gasteiger partial charge in [-0.2, -0.15) is 4.68 Å². The number of carbonyl (C=O) groups excluding carboxylic acids is 1. The predicted molar refractivity (Wildman–Crippen MR) is 96.4 cm³/mol. The third-order valence-corrected chi connectivity index (χ3v) is 5.04. The van der Waals surface area contributed by atoms with Gasteiger partial charge >= 0.3 is 6.03 Å². The first-order valence-electron chi connectivity index (χ1n) is 7.80. The zero-order valence-corrected chi connectivity index (χ0v) is 14.7. The van der Waals surface area contributed by atoms with Crippen molar-refractivity contribution >= 4 is 46.1 Å². The van der Waals surface area contributed by atoms with E-state index in [9.17, 15) is 4.79 Å². The van der Waals surface area contributed by atoms with Crippen molar-refractivity contribution in [3.63, 3.8) is 0 Å². The third kappa shape index (κ3) is 2.89. The van der Waals surface area contributed by atoms with E-state index < -0.39 is 0 Å². The molecule has 0 atom stereocenters. The number of rotatable bonds is 1. The Morgan fingerprint density at radius 1 is 1.04 bits per heavy atom. The molecule has 1 aromatic carbocycles. The molecule has 9 heteroatoms. The Morgan fingerprint density at radius 2 is 1.84 bits per heavy atom. The van der Waals surface area contributed by atoms with Crippen LogP contribution in [0.5, 0.6) is 0 Å². The van der Waals surface area contributed by atoms with Crippen LogP contribution in [0.15, 0.2) is 36.5 Å². The Labute approximate surface area is 153 Å². The van der Waals surface area contributed by atoms with Crippen LogP contribution in [0.1, 0.15) is 0 Å². The van der Waals surface area contributed by atoms with E-state index in [4.69, 9.17) is 23.2 Å². The molecular formula is C16H14Cl2N6O. The molecule has 1 saturated heterocycles. The summed E-state index contributed by atoms with van der Waals surface area (Å²) in [7, 11) is 0. The number of halogens is 2. The van der Waals surface area contributed by atoms with Gasteiger partial charge in [0.05, 0.1) is 15.7 Å². The predicted octanol–water partition coefficient (Wildman–Crippen LogP) is 2.92. The van der Waals surface area contributed by atoms with Gasteiger partial charge in [0.1, 0.15) is 5.52 Å². The standard InChI is InChI=1S/C16H14Cl2N6O/c17-11-3-1-4-12(14(11)18)22-7-9-23(10-8-22)16(25)24-13-5-2-6-19-15(13)20-21-24/h1-6H,7-10H2. The van der Waals surface area contributed by atoms with Crippen LogP contribution in [0.3, 0.4) is 0 Å². The summed E-state index contributed by atoms with van der Waals surface area (Å²) in [5, 5.41) is 8.93. The van der Waals surface area contributed by atoms with Gasteiger partial charge in [-0.1, -0.05) is 34.5 Å². The van der Waals surface area contributed by atoms with Crippen molar-refractivity contribution in [2.45, 2.75) is 0 Å². The maximum Gasteiger partial charge on any atom is 0.346 e. The maximum absolute atomic E-state index is 12.7. The molecule has 0 unspecified atom stereocenters. The molecule has 25 heavy (non-hydrogen) atoms. The van der Waals surface area contributed by atoms with Gasteiger partial charge in [-0.15, -0.1) is 5.10 Å². The minimum absolute atomic E-state index is 0.202. The van der Waals surface area contributed by atoms with Gasteiger partial charge < -0.3 is 9.80 Å². The van der Waals surface area contributed by atoms with Gasteiger partial charge in [-0.3, -0.25) is 0 Å². The van der Waals surface area contributed by atoms with E-state index in [1.807, 2.05) is 12.1 Å². The van der Waals surface area contributed by atoms with Crippen LogP contribution in [0.2, 0.25) is 10.0 Å². The smallest absolute Gasteiger partial charge is 0.346 e. The summed E-state index contributed by atoms with van der Waals surface area (Å²) < 4.78 is 1.30. The topological polar surface area (TPSA) is 67.2 Å². The monoisotopic (exact) mass is 376 g/mol. The number of piperazine rings is 1. The molecule has 1 aliphatic rings. The molecule has 1 fully saturated rings. The number of aromatic nitrogens is 4. The highest BCUT2D eigenvalue weighted by molar-refractivity contribution is 6.43. The lowest BCUT2D eigenvalue weighted by molar-refractivity contribution is 0.193. The number of fused-ring (bicyclic) bond motifs is 1. The minimum Gasteiger partial charge on any atom is -0.367 e. The van der Waals surface area contributed by atoms with Crippen molar-refractivity contribution in [1.82, 2.24) is 24.9 Å². The molecule has 4 rings (SSSR count). The normalized spacial score (nSPS) is 15.0. The van der Waals surface area contributed by atoms with Crippen molar-refractivity contribution in [2.75, 3.05) is 31.1 Å². The summed E-state index contributed by atoms with van der Waals surface area (Å²) in [5.74, 6) is 0. The number of nitrogens with zero attached hydrogens (tertiary/aromatic N) is 6. The number of amides is 1. The van der Waals surface area contributed by atoms with Gasteiger partial charge in [0.25, 0.3) is 0 Å². The second-order valence-electron chi connectivity index (χ2n) is 5.68. The van der Waals surface area contributed by atoms with E-state index in [1.165, 1.54) is 4.68 Å². The Hall–Kier alpha value is -2.38. The number of carbonyl (C=O) groups is 1. The molecule has 7 nitrogen and oxygen atoms in total. The number of pyridine rings is 1. The molecule has 3 heterocycles. The fourth-order valence-corrected chi connectivity index (χ4v) is 3.33. The molecule has 3 aromatic rings. The van der Waals surface area contributed by atoms with E-state index >= 15 is 0 Å². The van der Waals surface area contributed by atoms with Gasteiger partial charge in [-0.05, 0) is 24.3 Å². The highest BCUT2D eigenvalue weighted by Gasteiger charge is 2.25. The summed E-state index contributed by atoms with van der Waals surface area (Å²) in [4.78, 5) is 20.7. The average molecular weight is 377 g/mol. The van der Waals surface area contributed by atoms with E-state index in [-0.39, 0.29) is 6.03 Å². The van der Waals surface area contributed by atoms with Crippen LogP contribution < -0.4 is 4.90 Å². The SMILES string of the molecule is O=C(N1CCN(c2cccc(Cl)c2Cl)CC1)n1nnc2ncccc21. The molecular weight excluding hydrogens is 363 g/mol. The lowest BCUT2D eigenvalue weighted by atomic mass is 10.2. The molecule has 2 aromatic heterocycles. The number of hydrogen-bond acceptors (Lipinski definition) is 5. The van der Waals surface area contributed by atoms with Crippen molar-refractivity contribution in [3.8, 4) is 0 Å². The van der Waals surface area contributed by atoms with Crippen molar-refractivity contribution in [1.29, 1.82) is 0 Å². The molecule has 0 radical (unpaired) electrons. The maximum atomic E-state index is 12.7. The molecule has 1 amide bonds. The first-order valence-corrected chi connectivity index (χ1v) is 8.55. The number of anilines is 1. The summed E-state index contributed by atoms with van der Waals surface area (Å²) in [6, 6.07) is 8.90. The molecule has 0 spiro atoms. The van der Waals surface area contributed by atoms with E-state index in [2.05, 4.69) is 20.2 Å². The Balaban J connectivity index is 1.50. The molecule has 0 aliphatic carbocycles. The summed E-state index contributed by atoms with van der Waals surface area (Å²) >= 11 is 12.4. The van der Waals surface area contributed by atoms with Crippen LogP contribution in [0.4, 0.5) is 10.5 Å². The van der Waals surface area contributed by atoms with Crippen LogP contribution in [0.25, 0.3) is 11.2 Å². The highest BCUT2D eigenvalue weighted by atomic mass is 35.5. The van der Waals surface area contributed by atoms with E-state index in [1.54, 1.807) is 29.3 Å². The molecule has 0 N–H and O–H groups in total. The molecule has 128 valence electrons. The Kier molecular flexibility index (Phi) is 4.19. The fourth-order valence-electron chi connectivity index (χ4n) is 2.92. The summed E-state index contributed by atoms with van der Waals surface area (Å²) in [5.41, 5.74) is 1.95. The van der Waals surface area contributed by atoms with Gasteiger partial charge in [0.15, 0.2) is 0 Å². The molecule has 1 aliphatic heterocycles. The van der Waals surface area contributed by atoms with Crippen LogP contribution in [-0.2, 0) is 0 Å². The lowest BCUT2D eigenvalue weighted by Crippen LogP contribution is -2.50. The quantitative estimate of drug-likeness (QED) is 0.653. The van der Waals surface area contributed by atoms with Crippen LogP contribution in [-0.4, -0.2) is 57.1 Å². The first-order chi connectivity index (χ1) is 12.1.